The summed E-state index contributed by atoms with van der Waals surface area (Å²) in [5.41, 5.74) is 5.97. The Balaban J connectivity index is 2.29. The van der Waals surface area contributed by atoms with Gasteiger partial charge < -0.3 is 10.5 Å². The molecule has 0 radical (unpaired) electrons. The molecule has 0 aromatic heterocycles. The summed E-state index contributed by atoms with van der Waals surface area (Å²) < 4.78 is 5.69. The van der Waals surface area contributed by atoms with E-state index in [2.05, 4.69) is 26.8 Å². The first-order valence-electron chi connectivity index (χ1n) is 4.71. The van der Waals surface area contributed by atoms with Gasteiger partial charge in [0.2, 0.25) is 0 Å². The lowest BCUT2D eigenvalue weighted by atomic mass is 10.2. The van der Waals surface area contributed by atoms with E-state index in [-0.39, 0.29) is 10.8 Å². The second-order valence-electron chi connectivity index (χ2n) is 4.27. The van der Waals surface area contributed by atoms with Crippen LogP contribution in [0.25, 0.3) is 0 Å². The number of rotatable bonds is 3. The molecule has 0 bridgehead atoms. The van der Waals surface area contributed by atoms with E-state index >= 15 is 0 Å². The molecule has 0 aromatic carbocycles. The van der Waals surface area contributed by atoms with Gasteiger partial charge in [0, 0.05) is 16.9 Å². The molecule has 1 aliphatic rings. The maximum atomic E-state index is 5.97. The molecule has 0 aromatic rings. The first-order chi connectivity index (χ1) is 5.99. The minimum Gasteiger partial charge on any atom is -0.496 e. The van der Waals surface area contributed by atoms with Crippen LogP contribution in [-0.2, 0) is 4.74 Å². The monoisotopic (exact) mass is 201 g/mol. The van der Waals surface area contributed by atoms with Crippen molar-refractivity contribution in [3.63, 3.8) is 0 Å². The number of hydrogen-bond donors (Lipinski definition) is 1. The zero-order valence-corrected chi connectivity index (χ0v) is 9.49. The van der Waals surface area contributed by atoms with Gasteiger partial charge in [-0.2, -0.15) is 11.8 Å². The zero-order chi connectivity index (χ0) is 9.90. The Bertz CT molecular complexity index is 196. The van der Waals surface area contributed by atoms with Crippen LogP contribution in [0.4, 0.5) is 0 Å². The highest BCUT2D eigenvalue weighted by Crippen LogP contribution is 2.25. The van der Waals surface area contributed by atoms with E-state index in [1.807, 2.05) is 11.8 Å². The molecule has 1 rings (SSSR count). The second-order valence-corrected chi connectivity index (χ2v) is 6.12. The van der Waals surface area contributed by atoms with Gasteiger partial charge in [-0.1, -0.05) is 20.8 Å². The maximum absolute atomic E-state index is 5.97. The molecule has 0 saturated carbocycles. The topological polar surface area (TPSA) is 35.2 Å². The third-order valence-corrected chi connectivity index (χ3v) is 3.19. The van der Waals surface area contributed by atoms with Crippen molar-refractivity contribution in [1.82, 2.24) is 0 Å². The van der Waals surface area contributed by atoms with Crippen LogP contribution in [-0.4, -0.2) is 23.1 Å². The van der Waals surface area contributed by atoms with E-state index < -0.39 is 0 Å². The largest absolute Gasteiger partial charge is 0.496 e. The molecule has 1 heterocycles. The molecule has 1 atom stereocenters. The summed E-state index contributed by atoms with van der Waals surface area (Å²) in [4.78, 5) is 0. The molecule has 0 spiro atoms. The molecule has 0 amide bonds. The molecule has 1 aliphatic heterocycles. The van der Waals surface area contributed by atoms with E-state index in [1.165, 1.54) is 0 Å². The second kappa shape index (κ2) is 4.38. The van der Waals surface area contributed by atoms with Crippen LogP contribution in [0.2, 0.25) is 0 Å². The highest BCUT2D eigenvalue weighted by Gasteiger charge is 2.18. The van der Waals surface area contributed by atoms with Gasteiger partial charge in [0.15, 0.2) is 0 Å². The molecule has 1 unspecified atom stereocenters. The van der Waals surface area contributed by atoms with E-state index in [0.717, 1.165) is 24.5 Å². The van der Waals surface area contributed by atoms with Crippen molar-refractivity contribution in [2.75, 3.05) is 12.4 Å². The van der Waals surface area contributed by atoms with Crippen LogP contribution in [0.15, 0.2) is 11.8 Å². The first kappa shape index (κ1) is 10.9. The molecular weight excluding hydrogens is 182 g/mol. The minimum absolute atomic E-state index is 0.0757. The van der Waals surface area contributed by atoms with Gasteiger partial charge >= 0.3 is 0 Å². The fourth-order valence-corrected chi connectivity index (χ4v) is 1.96. The van der Waals surface area contributed by atoms with Gasteiger partial charge in [0.05, 0.1) is 12.6 Å². The summed E-state index contributed by atoms with van der Waals surface area (Å²) in [5, 5.41) is 0. The summed E-state index contributed by atoms with van der Waals surface area (Å²) in [6, 6.07) is 0.0757. The fourth-order valence-electron chi connectivity index (χ4n) is 1.12. The van der Waals surface area contributed by atoms with Crippen LogP contribution in [0.3, 0.4) is 0 Å². The van der Waals surface area contributed by atoms with Crippen molar-refractivity contribution >= 4 is 11.8 Å². The van der Waals surface area contributed by atoms with Crippen LogP contribution < -0.4 is 5.73 Å². The predicted octanol–water partition coefficient (Wildman–Crippen LogP) is 2.15. The summed E-state index contributed by atoms with van der Waals surface area (Å²) in [6.07, 6.45) is 3.12. The Labute approximate surface area is 84.9 Å². The van der Waals surface area contributed by atoms with Gasteiger partial charge in [-0.15, -0.1) is 0 Å². The van der Waals surface area contributed by atoms with Crippen LogP contribution in [0, 0.1) is 0 Å². The lowest BCUT2D eigenvalue weighted by molar-refractivity contribution is 0.228. The van der Waals surface area contributed by atoms with Crippen molar-refractivity contribution in [1.29, 1.82) is 0 Å². The Kier molecular flexibility index (Phi) is 3.68. The first-order valence-corrected chi connectivity index (χ1v) is 5.70. The highest BCUT2D eigenvalue weighted by molar-refractivity contribution is 8.00. The summed E-state index contributed by atoms with van der Waals surface area (Å²) in [6.45, 7) is 7.42. The van der Waals surface area contributed by atoms with E-state index in [9.17, 15) is 0 Å². The van der Waals surface area contributed by atoms with Crippen LogP contribution in [0.5, 0.6) is 0 Å². The van der Waals surface area contributed by atoms with Gasteiger partial charge in [0.25, 0.3) is 0 Å². The molecule has 13 heavy (non-hydrogen) atoms. The summed E-state index contributed by atoms with van der Waals surface area (Å²) in [5.74, 6) is 1.92. The SMILES string of the molecule is CC(C)(C)SCC(N)C1=CCCO1. The molecule has 3 heteroatoms. The smallest absolute Gasteiger partial charge is 0.110 e. The van der Waals surface area contributed by atoms with E-state index in [0.29, 0.717) is 0 Å². The third kappa shape index (κ3) is 4.05. The average molecular weight is 201 g/mol. The molecule has 0 saturated heterocycles. The molecule has 2 nitrogen and oxygen atoms in total. The Morgan fingerprint density at radius 1 is 1.62 bits per heavy atom. The number of hydrogen-bond acceptors (Lipinski definition) is 3. The number of ether oxygens (including phenoxy) is 1. The highest BCUT2D eigenvalue weighted by atomic mass is 32.2. The standard InChI is InChI=1S/C10H19NOS/c1-10(2,3)13-7-8(11)9-5-4-6-12-9/h5,8H,4,6-7,11H2,1-3H3. The summed E-state index contributed by atoms with van der Waals surface area (Å²) >= 11 is 1.88. The maximum Gasteiger partial charge on any atom is 0.110 e. The van der Waals surface area contributed by atoms with Crippen molar-refractivity contribution in [3.05, 3.63) is 11.8 Å². The van der Waals surface area contributed by atoms with Crippen molar-refractivity contribution in [3.8, 4) is 0 Å². The fraction of sp³-hybridized carbons (Fsp3) is 0.800. The Morgan fingerprint density at radius 3 is 2.77 bits per heavy atom. The predicted molar refractivity (Wildman–Crippen MR) is 58.8 cm³/mol. The molecule has 76 valence electrons. The van der Waals surface area contributed by atoms with Crippen molar-refractivity contribution in [2.24, 2.45) is 5.73 Å². The quantitative estimate of drug-likeness (QED) is 0.760. The van der Waals surface area contributed by atoms with Gasteiger partial charge in [-0.05, 0) is 6.08 Å². The van der Waals surface area contributed by atoms with E-state index in [1.54, 1.807) is 0 Å². The Hall–Kier alpha value is -0.150. The molecular formula is C10H19NOS. The van der Waals surface area contributed by atoms with Gasteiger partial charge in [0.1, 0.15) is 5.76 Å². The molecule has 2 N–H and O–H groups in total. The van der Waals surface area contributed by atoms with Gasteiger partial charge in [-0.25, -0.2) is 0 Å². The summed E-state index contributed by atoms with van der Waals surface area (Å²) in [7, 11) is 0. The van der Waals surface area contributed by atoms with Crippen LogP contribution in [0.1, 0.15) is 27.2 Å². The normalized spacial score (nSPS) is 19.5. The number of thioether (sulfide) groups is 1. The molecule has 0 aliphatic carbocycles. The zero-order valence-electron chi connectivity index (χ0n) is 8.67. The Morgan fingerprint density at radius 2 is 2.31 bits per heavy atom. The van der Waals surface area contributed by atoms with E-state index in [4.69, 9.17) is 10.5 Å². The molecule has 0 fully saturated rings. The minimum atomic E-state index is 0.0757. The average Bonchev–Trinajstić information content (AvgIpc) is 2.50. The number of nitrogens with two attached hydrogens (primary N) is 1. The van der Waals surface area contributed by atoms with Gasteiger partial charge in [-0.3, -0.25) is 0 Å². The lowest BCUT2D eigenvalue weighted by Crippen LogP contribution is -2.28. The lowest BCUT2D eigenvalue weighted by Gasteiger charge is -2.20. The van der Waals surface area contributed by atoms with Crippen molar-refractivity contribution in [2.45, 2.75) is 38.0 Å². The van der Waals surface area contributed by atoms with Crippen molar-refractivity contribution < 1.29 is 4.74 Å². The van der Waals surface area contributed by atoms with Crippen LogP contribution >= 0.6 is 11.8 Å². The third-order valence-electron chi connectivity index (χ3n) is 1.79.